The molecule has 0 saturated carbocycles. The summed E-state index contributed by atoms with van der Waals surface area (Å²) in [5, 5.41) is 7.43. The number of carbonyl (C=O) groups is 1. The summed E-state index contributed by atoms with van der Waals surface area (Å²) in [5.41, 5.74) is 1.28. The molecule has 1 amide bonds. The molecule has 0 unspecified atom stereocenters. The van der Waals surface area contributed by atoms with Crippen LogP contribution in [0, 0.1) is 11.6 Å². The zero-order valence-electron chi connectivity index (χ0n) is 14.9. The number of nitrogens with zero attached hydrogens (tertiary/aromatic N) is 4. The molecule has 0 radical (unpaired) electrons. The molecule has 0 fully saturated rings. The molecular weight excluding hydrogens is 364 g/mol. The van der Waals surface area contributed by atoms with Gasteiger partial charge in [-0.2, -0.15) is 5.10 Å². The Morgan fingerprint density at radius 2 is 1.75 bits per heavy atom. The van der Waals surface area contributed by atoms with Crippen LogP contribution in [0.15, 0.2) is 54.9 Å². The Morgan fingerprint density at radius 3 is 2.46 bits per heavy atom. The molecular formula is C20H15F2N5O. The summed E-state index contributed by atoms with van der Waals surface area (Å²) >= 11 is 0. The lowest BCUT2D eigenvalue weighted by Crippen LogP contribution is -2.18. The molecule has 0 aliphatic heterocycles. The van der Waals surface area contributed by atoms with Gasteiger partial charge in [-0.15, -0.1) is 0 Å². The SMILES string of the molecule is CNC(=O)c1cnc(-c2nn(Cc3ccccc3F)c3c(F)cccc23)nc1. The lowest BCUT2D eigenvalue weighted by atomic mass is 10.2. The highest BCUT2D eigenvalue weighted by molar-refractivity contribution is 5.94. The minimum Gasteiger partial charge on any atom is -0.355 e. The molecule has 140 valence electrons. The first-order valence-electron chi connectivity index (χ1n) is 8.51. The molecule has 0 aliphatic carbocycles. The van der Waals surface area contributed by atoms with Crippen molar-refractivity contribution in [1.29, 1.82) is 0 Å². The van der Waals surface area contributed by atoms with Gasteiger partial charge in [-0.1, -0.05) is 30.3 Å². The number of halogens is 2. The van der Waals surface area contributed by atoms with Gasteiger partial charge in [0.15, 0.2) is 5.82 Å². The van der Waals surface area contributed by atoms with Gasteiger partial charge in [-0.05, 0) is 12.1 Å². The van der Waals surface area contributed by atoms with Crippen molar-refractivity contribution >= 4 is 16.8 Å². The van der Waals surface area contributed by atoms with Crippen molar-refractivity contribution in [3.05, 3.63) is 77.6 Å². The van der Waals surface area contributed by atoms with E-state index in [1.165, 1.54) is 36.3 Å². The molecule has 0 atom stereocenters. The van der Waals surface area contributed by atoms with Gasteiger partial charge in [-0.3, -0.25) is 9.48 Å². The molecule has 0 bridgehead atoms. The zero-order valence-corrected chi connectivity index (χ0v) is 14.9. The van der Waals surface area contributed by atoms with E-state index in [9.17, 15) is 13.6 Å². The quantitative estimate of drug-likeness (QED) is 0.591. The van der Waals surface area contributed by atoms with Gasteiger partial charge in [0.05, 0.1) is 12.1 Å². The van der Waals surface area contributed by atoms with Crippen molar-refractivity contribution in [2.75, 3.05) is 7.05 Å². The smallest absolute Gasteiger partial charge is 0.254 e. The van der Waals surface area contributed by atoms with Crippen LogP contribution in [0.5, 0.6) is 0 Å². The second-order valence-electron chi connectivity index (χ2n) is 6.11. The summed E-state index contributed by atoms with van der Waals surface area (Å²) in [6.45, 7) is 0.0560. The summed E-state index contributed by atoms with van der Waals surface area (Å²) in [6, 6.07) is 10.9. The average molecular weight is 379 g/mol. The molecule has 4 rings (SSSR count). The standard InChI is InChI=1S/C20H15F2N5O/c1-23-20(28)13-9-24-19(25-10-13)17-14-6-4-8-16(22)18(14)27(26-17)11-12-5-2-3-7-15(12)21/h2-10H,11H2,1H3,(H,23,28). The van der Waals surface area contributed by atoms with Gasteiger partial charge in [0, 0.05) is 30.4 Å². The lowest BCUT2D eigenvalue weighted by molar-refractivity contribution is 0.0962. The van der Waals surface area contributed by atoms with Gasteiger partial charge < -0.3 is 5.32 Å². The van der Waals surface area contributed by atoms with E-state index in [0.29, 0.717) is 22.2 Å². The molecule has 4 aromatic rings. The fourth-order valence-corrected chi connectivity index (χ4v) is 2.97. The number of carbonyl (C=O) groups excluding carboxylic acids is 1. The number of hydrogen-bond acceptors (Lipinski definition) is 4. The van der Waals surface area contributed by atoms with Gasteiger partial charge in [0.25, 0.3) is 5.91 Å². The summed E-state index contributed by atoms with van der Waals surface area (Å²) in [5.74, 6) is -0.937. The molecule has 2 aromatic carbocycles. The highest BCUT2D eigenvalue weighted by Gasteiger charge is 2.19. The van der Waals surface area contributed by atoms with E-state index in [0.717, 1.165) is 0 Å². The minimum atomic E-state index is -0.477. The molecule has 1 N–H and O–H groups in total. The van der Waals surface area contributed by atoms with E-state index in [1.54, 1.807) is 30.3 Å². The van der Waals surface area contributed by atoms with Gasteiger partial charge in [0.1, 0.15) is 22.8 Å². The molecule has 0 aliphatic rings. The summed E-state index contributed by atoms with van der Waals surface area (Å²) in [4.78, 5) is 20.0. The maximum Gasteiger partial charge on any atom is 0.254 e. The molecule has 2 aromatic heterocycles. The van der Waals surface area contributed by atoms with E-state index >= 15 is 0 Å². The molecule has 2 heterocycles. The number of para-hydroxylation sites is 1. The van der Waals surface area contributed by atoms with Crippen molar-refractivity contribution in [1.82, 2.24) is 25.1 Å². The number of nitrogens with one attached hydrogen (secondary N) is 1. The maximum atomic E-state index is 14.5. The molecule has 28 heavy (non-hydrogen) atoms. The molecule has 0 spiro atoms. The Labute approximate surface area is 158 Å². The first-order chi connectivity index (χ1) is 13.6. The average Bonchev–Trinajstić information content (AvgIpc) is 3.09. The summed E-state index contributed by atoms with van der Waals surface area (Å²) in [6.07, 6.45) is 2.75. The van der Waals surface area contributed by atoms with Gasteiger partial charge in [-0.25, -0.2) is 18.7 Å². The predicted octanol–water partition coefficient (Wildman–Crippen LogP) is 3.18. The van der Waals surface area contributed by atoms with E-state index < -0.39 is 11.6 Å². The Kier molecular flexibility index (Phi) is 4.52. The Bertz CT molecular complexity index is 1170. The fourth-order valence-electron chi connectivity index (χ4n) is 2.97. The topological polar surface area (TPSA) is 72.7 Å². The molecule has 6 nitrogen and oxygen atoms in total. The largest absolute Gasteiger partial charge is 0.355 e. The van der Waals surface area contributed by atoms with Crippen LogP contribution < -0.4 is 5.32 Å². The zero-order chi connectivity index (χ0) is 19.7. The third kappa shape index (κ3) is 3.09. The number of benzene rings is 2. The summed E-state index contributed by atoms with van der Waals surface area (Å²) in [7, 11) is 1.51. The first-order valence-corrected chi connectivity index (χ1v) is 8.51. The maximum absolute atomic E-state index is 14.5. The molecule has 0 saturated heterocycles. The van der Waals surface area contributed by atoms with Crippen molar-refractivity contribution in [2.45, 2.75) is 6.54 Å². The number of aromatic nitrogens is 4. The van der Waals surface area contributed by atoms with Crippen LogP contribution in [0.4, 0.5) is 8.78 Å². The van der Waals surface area contributed by atoms with E-state index in [4.69, 9.17) is 0 Å². The third-order valence-corrected chi connectivity index (χ3v) is 4.35. The van der Waals surface area contributed by atoms with Crippen molar-refractivity contribution < 1.29 is 13.6 Å². The summed E-state index contributed by atoms with van der Waals surface area (Å²) < 4.78 is 30.0. The Balaban J connectivity index is 1.83. The lowest BCUT2D eigenvalue weighted by Gasteiger charge is -2.05. The van der Waals surface area contributed by atoms with Crippen LogP contribution >= 0.6 is 0 Å². The van der Waals surface area contributed by atoms with Gasteiger partial charge >= 0.3 is 0 Å². The normalized spacial score (nSPS) is 11.0. The minimum absolute atomic E-state index is 0.0560. The fraction of sp³-hybridized carbons (Fsp3) is 0.100. The van der Waals surface area contributed by atoms with Crippen molar-refractivity contribution in [2.24, 2.45) is 0 Å². The second-order valence-corrected chi connectivity index (χ2v) is 6.11. The van der Waals surface area contributed by atoms with Crippen LogP contribution in [-0.4, -0.2) is 32.7 Å². The number of fused-ring (bicyclic) bond motifs is 1. The number of amides is 1. The van der Waals surface area contributed by atoms with Crippen LogP contribution in [-0.2, 0) is 6.54 Å². The van der Waals surface area contributed by atoms with Crippen LogP contribution in [0.25, 0.3) is 22.4 Å². The van der Waals surface area contributed by atoms with E-state index in [-0.39, 0.29) is 23.8 Å². The first kappa shape index (κ1) is 17.7. The van der Waals surface area contributed by atoms with Crippen LogP contribution in [0.2, 0.25) is 0 Å². The van der Waals surface area contributed by atoms with Gasteiger partial charge in [0.2, 0.25) is 0 Å². The monoisotopic (exact) mass is 379 g/mol. The van der Waals surface area contributed by atoms with Crippen molar-refractivity contribution in [3.63, 3.8) is 0 Å². The Morgan fingerprint density at radius 1 is 1.04 bits per heavy atom. The van der Waals surface area contributed by atoms with Crippen LogP contribution in [0.3, 0.4) is 0 Å². The highest BCUT2D eigenvalue weighted by atomic mass is 19.1. The number of hydrogen-bond donors (Lipinski definition) is 1. The third-order valence-electron chi connectivity index (χ3n) is 4.35. The second kappa shape index (κ2) is 7.15. The van der Waals surface area contributed by atoms with Crippen LogP contribution in [0.1, 0.15) is 15.9 Å². The van der Waals surface area contributed by atoms with E-state index in [1.807, 2.05) is 0 Å². The highest BCUT2D eigenvalue weighted by Crippen LogP contribution is 2.28. The molecule has 8 heteroatoms. The predicted molar refractivity (Wildman–Crippen MR) is 99.6 cm³/mol. The number of rotatable bonds is 4. The van der Waals surface area contributed by atoms with Crippen molar-refractivity contribution in [3.8, 4) is 11.5 Å². The Hall–Kier alpha value is -3.68. The van der Waals surface area contributed by atoms with E-state index in [2.05, 4.69) is 20.4 Å².